The van der Waals surface area contributed by atoms with E-state index in [0.29, 0.717) is 0 Å². The Labute approximate surface area is 87.0 Å². The quantitative estimate of drug-likeness (QED) is 0.618. The van der Waals surface area contributed by atoms with E-state index in [4.69, 9.17) is 4.89 Å². The van der Waals surface area contributed by atoms with Gasteiger partial charge in [0.15, 0.2) is 0 Å². The molecule has 10 heteroatoms. The lowest BCUT2D eigenvalue weighted by Gasteiger charge is -2.31. The zero-order valence-electron chi connectivity index (χ0n) is 7.71. The number of hydrogen-bond donors (Lipinski definition) is 1. The van der Waals surface area contributed by atoms with Crippen molar-refractivity contribution in [2.24, 2.45) is 0 Å². The Kier molecular flexibility index (Phi) is 3.64. The van der Waals surface area contributed by atoms with Crippen molar-refractivity contribution in [2.75, 3.05) is 6.61 Å². The van der Waals surface area contributed by atoms with Gasteiger partial charge in [0.05, 0.1) is 6.61 Å². The molecule has 2 atom stereocenters. The zero-order valence-corrected chi connectivity index (χ0v) is 8.60. The zero-order chi connectivity index (χ0) is 12.6. The summed E-state index contributed by atoms with van der Waals surface area (Å²) in [7, 11) is -4.65. The first-order valence-corrected chi connectivity index (χ1v) is 5.62. The number of phosphoric acid groups is 1. The molecule has 2 unspecified atom stereocenters. The van der Waals surface area contributed by atoms with Crippen molar-refractivity contribution in [3.8, 4) is 0 Å². The summed E-state index contributed by atoms with van der Waals surface area (Å²) in [6.45, 7) is -0.550. The molecule has 0 radical (unpaired) electrons. The second-order valence-electron chi connectivity index (χ2n) is 3.24. The molecular formula is C6H8F5O4P. The third-order valence-corrected chi connectivity index (χ3v) is 2.83. The average molecular weight is 270 g/mol. The summed E-state index contributed by atoms with van der Waals surface area (Å²) in [5.41, 5.74) is 0. The van der Waals surface area contributed by atoms with Crippen molar-refractivity contribution < 1.29 is 40.5 Å². The molecule has 1 fully saturated rings. The van der Waals surface area contributed by atoms with Crippen LogP contribution in [-0.4, -0.2) is 29.7 Å². The Bertz CT molecular complexity index is 304. The molecule has 1 rings (SSSR count). The monoisotopic (exact) mass is 270 g/mol. The maximum absolute atomic E-state index is 13.0. The van der Waals surface area contributed by atoms with Gasteiger partial charge in [-0.25, -0.2) is 13.3 Å². The maximum Gasteiger partial charge on any atom is 0.472 e. The van der Waals surface area contributed by atoms with E-state index in [1.54, 1.807) is 0 Å². The van der Waals surface area contributed by atoms with Crippen molar-refractivity contribution >= 4 is 7.82 Å². The number of rotatable bonds is 2. The SMILES string of the molecule is O=P1(O)OCCC(C(F)(F)CC(F)(F)F)O1. The minimum atomic E-state index is -5.08. The smallest absolute Gasteiger partial charge is 0.302 e. The van der Waals surface area contributed by atoms with Crippen LogP contribution in [0.4, 0.5) is 22.0 Å². The lowest BCUT2D eigenvalue weighted by Crippen LogP contribution is -2.41. The molecule has 0 aromatic carbocycles. The summed E-state index contributed by atoms with van der Waals surface area (Å²) < 4.78 is 80.2. The Balaban J connectivity index is 2.72. The molecule has 1 aliphatic heterocycles. The second kappa shape index (κ2) is 4.21. The molecule has 1 N–H and O–H groups in total. The van der Waals surface area contributed by atoms with Crippen LogP contribution in [-0.2, 0) is 13.6 Å². The van der Waals surface area contributed by atoms with Gasteiger partial charge in [-0.1, -0.05) is 0 Å². The van der Waals surface area contributed by atoms with Crippen LogP contribution >= 0.6 is 7.82 Å². The molecule has 1 aliphatic rings. The minimum Gasteiger partial charge on any atom is -0.302 e. The molecule has 1 saturated heterocycles. The van der Waals surface area contributed by atoms with Gasteiger partial charge in [-0.3, -0.25) is 9.05 Å². The fourth-order valence-electron chi connectivity index (χ4n) is 1.19. The lowest BCUT2D eigenvalue weighted by atomic mass is 10.1. The molecule has 0 amide bonds. The van der Waals surface area contributed by atoms with E-state index in [9.17, 15) is 26.5 Å². The standard InChI is InChI=1S/C6H8F5O4P/c7-5(8,3-6(9,10)11)4-1-2-14-16(12,13)15-4/h4H,1-3H2,(H,12,13). The van der Waals surface area contributed by atoms with Gasteiger partial charge in [0.2, 0.25) is 0 Å². The van der Waals surface area contributed by atoms with Crippen molar-refractivity contribution in [1.82, 2.24) is 0 Å². The van der Waals surface area contributed by atoms with Gasteiger partial charge in [0, 0.05) is 6.42 Å². The first-order valence-electron chi connectivity index (χ1n) is 4.12. The summed E-state index contributed by atoms with van der Waals surface area (Å²) in [4.78, 5) is 8.70. The van der Waals surface area contributed by atoms with Crippen molar-refractivity contribution in [1.29, 1.82) is 0 Å². The van der Waals surface area contributed by atoms with Gasteiger partial charge in [0.1, 0.15) is 12.5 Å². The van der Waals surface area contributed by atoms with E-state index < -0.39 is 45.5 Å². The third kappa shape index (κ3) is 3.97. The van der Waals surface area contributed by atoms with Gasteiger partial charge in [-0.2, -0.15) is 13.2 Å². The number of phosphoric ester groups is 1. The van der Waals surface area contributed by atoms with E-state index in [0.717, 1.165) is 0 Å². The Morgan fingerprint density at radius 2 is 1.88 bits per heavy atom. The fourth-order valence-corrected chi connectivity index (χ4v) is 2.17. The summed E-state index contributed by atoms with van der Waals surface area (Å²) in [5.74, 6) is -4.25. The van der Waals surface area contributed by atoms with E-state index in [2.05, 4.69) is 9.05 Å². The van der Waals surface area contributed by atoms with Gasteiger partial charge in [-0.15, -0.1) is 0 Å². The average Bonchev–Trinajstić information content (AvgIpc) is 1.97. The molecule has 4 nitrogen and oxygen atoms in total. The Morgan fingerprint density at radius 3 is 2.31 bits per heavy atom. The molecule has 0 aromatic rings. The van der Waals surface area contributed by atoms with Crippen molar-refractivity contribution in [3.05, 3.63) is 0 Å². The van der Waals surface area contributed by atoms with Crippen LogP contribution in [0.25, 0.3) is 0 Å². The van der Waals surface area contributed by atoms with Gasteiger partial charge < -0.3 is 4.89 Å². The van der Waals surface area contributed by atoms with E-state index in [-0.39, 0.29) is 0 Å². The largest absolute Gasteiger partial charge is 0.472 e. The highest BCUT2D eigenvalue weighted by atomic mass is 31.2. The van der Waals surface area contributed by atoms with Crippen LogP contribution < -0.4 is 0 Å². The third-order valence-electron chi connectivity index (χ3n) is 1.80. The summed E-state index contributed by atoms with van der Waals surface area (Å²) >= 11 is 0. The summed E-state index contributed by atoms with van der Waals surface area (Å²) in [6.07, 6.45) is -10.3. The van der Waals surface area contributed by atoms with E-state index in [1.165, 1.54) is 0 Å². The van der Waals surface area contributed by atoms with E-state index in [1.807, 2.05) is 0 Å². The summed E-state index contributed by atoms with van der Waals surface area (Å²) in [6, 6.07) is 0. The van der Waals surface area contributed by atoms with Crippen LogP contribution in [0, 0.1) is 0 Å². The number of alkyl halides is 5. The predicted molar refractivity (Wildman–Crippen MR) is 40.9 cm³/mol. The first-order chi connectivity index (χ1) is 7.02. The number of hydrogen-bond acceptors (Lipinski definition) is 3. The molecule has 0 aromatic heterocycles. The van der Waals surface area contributed by atoms with Crippen LogP contribution in [0.1, 0.15) is 12.8 Å². The summed E-state index contributed by atoms with van der Waals surface area (Å²) in [5, 5.41) is 0. The molecule has 0 aliphatic carbocycles. The van der Waals surface area contributed by atoms with Crippen molar-refractivity contribution in [2.45, 2.75) is 31.0 Å². The first kappa shape index (κ1) is 13.8. The highest BCUT2D eigenvalue weighted by Crippen LogP contribution is 2.52. The predicted octanol–water partition coefficient (Wildman–Crippen LogP) is 2.48. The molecule has 0 saturated carbocycles. The Morgan fingerprint density at radius 1 is 1.31 bits per heavy atom. The number of halogens is 5. The molecule has 96 valence electrons. The molecule has 1 heterocycles. The van der Waals surface area contributed by atoms with Crippen LogP contribution in [0.15, 0.2) is 0 Å². The van der Waals surface area contributed by atoms with Crippen LogP contribution in [0.3, 0.4) is 0 Å². The van der Waals surface area contributed by atoms with Crippen LogP contribution in [0.2, 0.25) is 0 Å². The topological polar surface area (TPSA) is 55.8 Å². The second-order valence-corrected chi connectivity index (χ2v) is 4.64. The minimum absolute atomic E-state index is 0.550. The molecule has 0 spiro atoms. The molecule has 0 bridgehead atoms. The fraction of sp³-hybridized carbons (Fsp3) is 1.00. The van der Waals surface area contributed by atoms with Crippen LogP contribution in [0.5, 0.6) is 0 Å². The molecule has 16 heavy (non-hydrogen) atoms. The Hall–Kier alpha value is -0.240. The molecular weight excluding hydrogens is 262 g/mol. The maximum atomic E-state index is 13.0. The van der Waals surface area contributed by atoms with Gasteiger partial charge in [-0.05, 0) is 0 Å². The lowest BCUT2D eigenvalue weighted by molar-refractivity contribution is -0.218. The van der Waals surface area contributed by atoms with E-state index >= 15 is 0 Å². The highest BCUT2D eigenvalue weighted by molar-refractivity contribution is 7.47. The normalized spacial score (nSPS) is 32.8. The highest BCUT2D eigenvalue weighted by Gasteiger charge is 2.53. The van der Waals surface area contributed by atoms with Gasteiger partial charge >= 0.3 is 14.0 Å². The van der Waals surface area contributed by atoms with Gasteiger partial charge in [0.25, 0.3) is 5.92 Å². The van der Waals surface area contributed by atoms with Crippen molar-refractivity contribution in [3.63, 3.8) is 0 Å².